The highest BCUT2D eigenvalue weighted by molar-refractivity contribution is 5.76. The van der Waals surface area contributed by atoms with Crippen LogP contribution in [0.5, 0.6) is 0 Å². The largest absolute Gasteiger partial charge is 0.383 e. The van der Waals surface area contributed by atoms with Gasteiger partial charge in [-0.3, -0.25) is 14.9 Å². The second-order valence-corrected chi connectivity index (χ2v) is 6.90. The monoisotopic (exact) mass is 396 g/mol. The molecule has 3 aromatic rings. The van der Waals surface area contributed by atoms with E-state index >= 15 is 0 Å². The predicted molar refractivity (Wildman–Crippen MR) is 110 cm³/mol. The lowest BCUT2D eigenvalue weighted by Gasteiger charge is -2.11. The van der Waals surface area contributed by atoms with E-state index < -0.39 is 4.92 Å². The van der Waals surface area contributed by atoms with Gasteiger partial charge in [0.15, 0.2) is 5.65 Å². The summed E-state index contributed by atoms with van der Waals surface area (Å²) in [7, 11) is 0. The van der Waals surface area contributed by atoms with E-state index in [2.05, 4.69) is 20.7 Å². The molecule has 0 aliphatic carbocycles. The summed E-state index contributed by atoms with van der Waals surface area (Å²) in [6.45, 7) is 6.87. The fraction of sp³-hybridized carbons (Fsp3) is 0.350. The SMILES string of the molecule is Cc1cc2nc(C)c(CCC(=O)NCCNc3ccc([N+](=O)[O-])cc3)c(C)n2n1. The average Bonchev–Trinajstić information content (AvgIpc) is 3.05. The summed E-state index contributed by atoms with van der Waals surface area (Å²) in [6.07, 6.45) is 0.966. The lowest BCUT2D eigenvalue weighted by Crippen LogP contribution is -2.29. The first kappa shape index (κ1) is 20.2. The molecule has 0 atom stereocenters. The van der Waals surface area contributed by atoms with Crippen molar-refractivity contribution in [2.45, 2.75) is 33.6 Å². The molecule has 0 bridgehead atoms. The minimum atomic E-state index is -0.436. The molecule has 0 unspecified atom stereocenters. The molecule has 9 nitrogen and oxygen atoms in total. The number of aryl methyl sites for hydroxylation is 3. The van der Waals surface area contributed by atoms with E-state index in [9.17, 15) is 14.9 Å². The molecule has 2 aromatic heterocycles. The van der Waals surface area contributed by atoms with Crippen molar-refractivity contribution >= 4 is 22.9 Å². The standard InChI is InChI=1S/C20H24N6O3/c1-13-12-19-23-14(2)18(15(3)25(19)24-13)8-9-20(27)22-11-10-21-16-4-6-17(7-5-16)26(28)29/h4-7,12,21H,8-11H2,1-3H3,(H,22,27). The Kier molecular flexibility index (Phi) is 6.06. The van der Waals surface area contributed by atoms with E-state index in [-0.39, 0.29) is 11.6 Å². The zero-order valence-corrected chi connectivity index (χ0v) is 16.7. The van der Waals surface area contributed by atoms with E-state index in [0.717, 1.165) is 34.0 Å². The number of benzene rings is 1. The van der Waals surface area contributed by atoms with Crippen LogP contribution in [-0.2, 0) is 11.2 Å². The van der Waals surface area contributed by atoms with Gasteiger partial charge in [-0.05, 0) is 44.9 Å². The van der Waals surface area contributed by atoms with Gasteiger partial charge in [0.1, 0.15) is 0 Å². The molecule has 0 saturated heterocycles. The van der Waals surface area contributed by atoms with Gasteiger partial charge in [0.2, 0.25) is 5.91 Å². The van der Waals surface area contributed by atoms with Crippen LogP contribution in [0.2, 0.25) is 0 Å². The first-order valence-electron chi connectivity index (χ1n) is 9.42. The van der Waals surface area contributed by atoms with Gasteiger partial charge in [-0.1, -0.05) is 0 Å². The topological polar surface area (TPSA) is 114 Å². The second kappa shape index (κ2) is 8.68. The third kappa shape index (κ3) is 4.87. The van der Waals surface area contributed by atoms with E-state index in [1.165, 1.54) is 12.1 Å². The molecule has 1 aromatic carbocycles. The highest BCUT2D eigenvalue weighted by atomic mass is 16.6. The van der Waals surface area contributed by atoms with Crippen molar-refractivity contribution in [3.8, 4) is 0 Å². The number of hydrogen-bond acceptors (Lipinski definition) is 6. The number of nitrogens with one attached hydrogen (secondary N) is 2. The van der Waals surface area contributed by atoms with Gasteiger partial charge in [-0.15, -0.1) is 0 Å². The third-order valence-electron chi connectivity index (χ3n) is 4.74. The molecule has 0 saturated carbocycles. The van der Waals surface area contributed by atoms with E-state index in [4.69, 9.17) is 0 Å². The molecule has 9 heteroatoms. The third-order valence-corrected chi connectivity index (χ3v) is 4.74. The number of nitrogens with zero attached hydrogens (tertiary/aromatic N) is 4. The van der Waals surface area contributed by atoms with Crippen LogP contribution in [0.3, 0.4) is 0 Å². The quantitative estimate of drug-likeness (QED) is 0.344. The van der Waals surface area contributed by atoms with Crippen LogP contribution in [0.25, 0.3) is 5.65 Å². The Morgan fingerprint density at radius 2 is 1.90 bits per heavy atom. The van der Waals surface area contributed by atoms with E-state index in [0.29, 0.717) is 25.9 Å². The minimum Gasteiger partial charge on any atom is -0.383 e. The van der Waals surface area contributed by atoms with Crippen molar-refractivity contribution in [2.24, 2.45) is 0 Å². The molecular weight excluding hydrogens is 372 g/mol. The Balaban J connectivity index is 1.46. The molecule has 0 aliphatic rings. The molecule has 0 aliphatic heterocycles. The van der Waals surface area contributed by atoms with Crippen molar-refractivity contribution in [3.63, 3.8) is 0 Å². The van der Waals surface area contributed by atoms with Gasteiger partial charge in [-0.25, -0.2) is 9.50 Å². The summed E-state index contributed by atoms with van der Waals surface area (Å²) in [5, 5.41) is 21.1. The molecule has 1 amide bonds. The summed E-state index contributed by atoms with van der Waals surface area (Å²) in [6, 6.07) is 8.11. The first-order chi connectivity index (χ1) is 13.8. The number of hydrogen-bond donors (Lipinski definition) is 2. The van der Waals surface area contributed by atoms with Crippen LogP contribution >= 0.6 is 0 Å². The van der Waals surface area contributed by atoms with E-state index in [1.807, 2.05) is 31.4 Å². The number of carbonyl (C=O) groups excluding carboxylic acids is 1. The maximum atomic E-state index is 12.2. The Labute approximate surface area is 168 Å². The van der Waals surface area contributed by atoms with Crippen LogP contribution < -0.4 is 10.6 Å². The van der Waals surface area contributed by atoms with Crippen LogP contribution in [0.4, 0.5) is 11.4 Å². The maximum Gasteiger partial charge on any atom is 0.269 e. The molecule has 2 N–H and O–H groups in total. The van der Waals surface area contributed by atoms with Crippen molar-refractivity contribution < 1.29 is 9.72 Å². The predicted octanol–water partition coefficient (Wildman–Crippen LogP) is 2.72. The van der Waals surface area contributed by atoms with Crippen LogP contribution in [0, 0.1) is 30.9 Å². The first-order valence-corrected chi connectivity index (χ1v) is 9.42. The molecular formula is C20H24N6O3. The number of non-ortho nitro benzene ring substituents is 1. The number of carbonyl (C=O) groups is 1. The fourth-order valence-electron chi connectivity index (χ4n) is 3.24. The molecule has 0 radical (unpaired) electrons. The van der Waals surface area contributed by atoms with Crippen LogP contribution in [0.1, 0.15) is 29.1 Å². The number of aromatic nitrogens is 3. The van der Waals surface area contributed by atoms with Gasteiger partial charge in [0, 0.05) is 54.8 Å². The van der Waals surface area contributed by atoms with Gasteiger partial charge in [0.05, 0.1) is 10.6 Å². The van der Waals surface area contributed by atoms with Gasteiger partial charge in [0.25, 0.3) is 5.69 Å². The molecule has 3 rings (SSSR count). The summed E-state index contributed by atoms with van der Waals surface area (Å²) in [5.74, 6) is -0.0361. The minimum absolute atomic E-state index is 0.0361. The van der Waals surface area contributed by atoms with Crippen molar-refractivity contribution in [1.29, 1.82) is 0 Å². The molecule has 152 valence electrons. The zero-order chi connectivity index (χ0) is 21.0. The van der Waals surface area contributed by atoms with Gasteiger partial charge in [-0.2, -0.15) is 5.10 Å². The van der Waals surface area contributed by atoms with Gasteiger partial charge < -0.3 is 10.6 Å². The number of nitro benzene ring substituents is 1. The Bertz CT molecular complexity index is 1040. The lowest BCUT2D eigenvalue weighted by molar-refractivity contribution is -0.384. The number of nitro groups is 1. The molecule has 0 fully saturated rings. The lowest BCUT2D eigenvalue weighted by atomic mass is 10.1. The summed E-state index contributed by atoms with van der Waals surface area (Å²) in [5.41, 5.74) is 5.52. The summed E-state index contributed by atoms with van der Waals surface area (Å²) < 4.78 is 1.82. The normalized spacial score (nSPS) is 10.9. The zero-order valence-electron chi connectivity index (χ0n) is 16.7. The second-order valence-electron chi connectivity index (χ2n) is 6.90. The van der Waals surface area contributed by atoms with Crippen LogP contribution in [0.15, 0.2) is 30.3 Å². The number of amides is 1. The number of anilines is 1. The highest BCUT2D eigenvalue weighted by Gasteiger charge is 2.12. The highest BCUT2D eigenvalue weighted by Crippen LogP contribution is 2.17. The Morgan fingerprint density at radius 3 is 2.59 bits per heavy atom. The van der Waals surface area contributed by atoms with Gasteiger partial charge >= 0.3 is 0 Å². The molecule has 29 heavy (non-hydrogen) atoms. The maximum absolute atomic E-state index is 12.2. The summed E-state index contributed by atoms with van der Waals surface area (Å²) in [4.78, 5) is 27.0. The Morgan fingerprint density at radius 1 is 1.17 bits per heavy atom. The van der Waals surface area contributed by atoms with Crippen molar-refractivity contribution in [3.05, 3.63) is 63.1 Å². The summed E-state index contributed by atoms with van der Waals surface area (Å²) >= 11 is 0. The van der Waals surface area contributed by atoms with Crippen molar-refractivity contribution in [2.75, 3.05) is 18.4 Å². The van der Waals surface area contributed by atoms with Crippen LogP contribution in [-0.4, -0.2) is 38.5 Å². The van der Waals surface area contributed by atoms with E-state index in [1.54, 1.807) is 12.1 Å². The fourth-order valence-corrected chi connectivity index (χ4v) is 3.24. The smallest absolute Gasteiger partial charge is 0.269 e. The molecule has 0 spiro atoms. The average molecular weight is 396 g/mol. The number of rotatable bonds is 8. The number of fused-ring (bicyclic) bond motifs is 1. The van der Waals surface area contributed by atoms with Crippen molar-refractivity contribution in [1.82, 2.24) is 19.9 Å². The Hall–Kier alpha value is -3.49. The molecule has 2 heterocycles.